The first-order valence-corrected chi connectivity index (χ1v) is 11.5. The molecule has 0 saturated carbocycles. The Labute approximate surface area is 196 Å². The third-order valence-electron chi connectivity index (χ3n) is 5.36. The van der Waals surface area contributed by atoms with Crippen LogP contribution in [0.25, 0.3) is 0 Å². The summed E-state index contributed by atoms with van der Waals surface area (Å²) in [6, 6.07) is 10.8. The highest BCUT2D eigenvalue weighted by atomic mass is 32.2. The molecule has 1 N–H and O–H groups in total. The number of benzene rings is 1. The topological polar surface area (TPSA) is 101 Å². The summed E-state index contributed by atoms with van der Waals surface area (Å²) in [5.41, 5.74) is 2.10. The van der Waals surface area contributed by atoms with Crippen LogP contribution in [0.1, 0.15) is 21.6 Å². The van der Waals surface area contributed by atoms with E-state index in [1.807, 2.05) is 42.1 Å². The number of piperazine rings is 1. The molecular weight excluding hydrogens is 442 g/mol. The van der Waals surface area contributed by atoms with Crippen molar-refractivity contribution in [2.45, 2.75) is 17.5 Å². The van der Waals surface area contributed by atoms with Gasteiger partial charge in [0.15, 0.2) is 5.16 Å². The summed E-state index contributed by atoms with van der Waals surface area (Å²) < 4.78 is 7.52. The van der Waals surface area contributed by atoms with Crippen LogP contribution in [0.3, 0.4) is 0 Å². The second-order valence-corrected chi connectivity index (χ2v) is 8.67. The van der Waals surface area contributed by atoms with Crippen LogP contribution in [-0.2, 0) is 19.3 Å². The van der Waals surface area contributed by atoms with Crippen LogP contribution in [0.4, 0.5) is 4.79 Å². The van der Waals surface area contributed by atoms with Gasteiger partial charge >= 0.3 is 12.1 Å². The molecule has 10 heteroatoms. The number of pyridine rings is 1. The molecule has 33 heavy (non-hydrogen) atoms. The summed E-state index contributed by atoms with van der Waals surface area (Å²) in [4.78, 5) is 35.9. The molecule has 1 fully saturated rings. The minimum atomic E-state index is -0.987. The van der Waals surface area contributed by atoms with E-state index in [1.165, 1.54) is 6.20 Å². The monoisotopic (exact) mass is 467 g/mol. The third-order valence-corrected chi connectivity index (χ3v) is 6.49. The zero-order valence-corrected chi connectivity index (χ0v) is 19.1. The van der Waals surface area contributed by atoms with E-state index in [0.717, 1.165) is 22.2 Å². The van der Waals surface area contributed by atoms with Gasteiger partial charge in [0.25, 0.3) is 0 Å². The van der Waals surface area contributed by atoms with Crippen molar-refractivity contribution in [2.75, 3.05) is 26.2 Å². The van der Waals surface area contributed by atoms with Crippen LogP contribution in [0.2, 0.25) is 0 Å². The number of amides is 1. The number of carbonyl (C=O) groups excluding carboxylic acids is 1. The fourth-order valence-electron chi connectivity index (χ4n) is 3.42. The van der Waals surface area contributed by atoms with E-state index in [9.17, 15) is 9.59 Å². The summed E-state index contributed by atoms with van der Waals surface area (Å²) in [5.74, 6) is 0.324. The van der Waals surface area contributed by atoms with Gasteiger partial charge in [-0.1, -0.05) is 23.9 Å². The van der Waals surface area contributed by atoms with Crippen molar-refractivity contribution in [2.24, 2.45) is 7.05 Å². The highest BCUT2D eigenvalue weighted by Crippen LogP contribution is 2.22. The minimum absolute atomic E-state index is 0.172. The number of ether oxygens (including phenoxy) is 1. The quantitative estimate of drug-likeness (QED) is 0.529. The molecule has 4 rings (SSSR count). The highest BCUT2D eigenvalue weighted by molar-refractivity contribution is 7.98. The van der Waals surface area contributed by atoms with Crippen molar-refractivity contribution in [3.63, 3.8) is 0 Å². The zero-order chi connectivity index (χ0) is 23.2. The normalized spacial score (nSPS) is 14.3. The molecule has 0 bridgehead atoms. The molecule has 1 aliphatic rings. The van der Waals surface area contributed by atoms with E-state index in [0.29, 0.717) is 38.5 Å². The fraction of sp³-hybridized carbons (Fsp3) is 0.304. The van der Waals surface area contributed by atoms with Gasteiger partial charge in [0, 0.05) is 64.1 Å². The van der Waals surface area contributed by atoms with Crippen LogP contribution < -0.4 is 4.74 Å². The first-order valence-electron chi connectivity index (χ1n) is 10.5. The lowest BCUT2D eigenvalue weighted by atomic mass is 10.2. The van der Waals surface area contributed by atoms with E-state index < -0.39 is 5.97 Å². The second-order valence-electron chi connectivity index (χ2n) is 7.73. The lowest BCUT2D eigenvalue weighted by Gasteiger charge is -2.33. The van der Waals surface area contributed by atoms with E-state index in [-0.39, 0.29) is 11.7 Å². The lowest BCUT2D eigenvalue weighted by Crippen LogP contribution is -2.49. The predicted octanol–water partition coefficient (Wildman–Crippen LogP) is 3.12. The van der Waals surface area contributed by atoms with Gasteiger partial charge in [0.05, 0.1) is 11.3 Å². The summed E-state index contributed by atoms with van der Waals surface area (Å²) in [5, 5.41) is 9.92. The number of carboxylic acid groups (broad SMARTS) is 1. The van der Waals surface area contributed by atoms with Gasteiger partial charge in [-0.3, -0.25) is 9.88 Å². The SMILES string of the molecule is Cn1ccnc1SCc1ccc(OC(=O)N2CCN(Cc3ccc(C(=O)O)cn3)CC2)cc1. The Morgan fingerprint density at radius 2 is 1.82 bits per heavy atom. The van der Waals surface area contributed by atoms with Gasteiger partial charge in [0.2, 0.25) is 0 Å². The number of imidazole rings is 1. The van der Waals surface area contributed by atoms with Gasteiger partial charge in [-0.05, 0) is 29.8 Å². The molecule has 172 valence electrons. The Morgan fingerprint density at radius 1 is 1.06 bits per heavy atom. The van der Waals surface area contributed by atoms with Crippen LogP contribution >= 0.6 is 11.8 Å². The summed E-state index contributed by atoms with van der Waals surface area (Å²) in [6.45, 7) is 3.12. The number of aromatic nitrogens is 3. The molecule has 0 atom stereocenters. The Balaban J connectivity index is 1.21. The summed E-state index contributed by atoms with van der Waals surface area (Å²) >= 11 is 1.65. The molecule has 2 aromatic heterocycles. The van der Waals surface area contributed by atoms with E-state index in [1.54, 1.807) is 35.0 Å². The molecule has 9 nitrogen and oxygen atoms in total. The van der Waals surface area contributed by atoms with Crippen LogP contribution in [0.5, 0.6) is 5.75 Å². The smallest absolute Gasteiger partial charge is 0.415 e. The summed E-state index contributed by atoms with van der Waals surface area (Å²) in [7, 11) is 1.97. The number of hydrogen-bond acceptors (Lipinski definition) is 7. The van der Waals surface area contributed by atoms with E-state index in [2.05, 4.69) is 14.9 Å². The molecule has 0 unspecified atom stereocenters. The molecule has 1 amide bonds. The number of thioether (sulfide) groups is 1. The number of aromatic carboxylic acids is 1. The molecule has 0 aliphatic carbocycles. The first kappa shape index (κ1) is 22.8. The standard InChI is InChI=1S/C23H25N5O4S/c1-26-9-8-24-22(26)33-16-17-2-6-20(7-3-17)32-23(31)28-12-10-27(11-13-28)15-19-5-4-18(14-25-19)21(29)30/h2-9,14H,10-13,15-16H2,1H3,(H,29,30). The summed E-state index contributed by atoms with van der Waals surface area (Å²) in [6.07, 6.45) is 4.71. The van der Waals surface area contributed by atoms with E-state index >= 15 is 0 Å². The molecular formula is C23H25N5O4S. The number of hydrogen-bond donors (Lipinski definition) is 1. The van der Waals surface area contributed by atoms with Crippen molar-refractivity contribution in [3.05, 3.63) is 71.8 Å². The predicted molar refractivity (Wildman–Crippen MR) is 123 cm³/mol. The highest BCUT2D eigenvalue weighted by Gasteiger charge is 2.23. The van der Waals surface area contributed by atoms with Crippen molar-refractivity contribution >= 4 is 23.8 Å². The molecule has 3 aromatic rings. The minimum Gasteiger partial charge on any atom is -0.478 e. The number of carboxylic acids is 1. The van der Waals surface area contributed by atoms with Crippen molar-refractivity contribution in [3.8, 4) is 5.75 Å². The van der Waals surface area contributed by atoms with E-state index in [4.69, 9.17) is 9.84 Å². The Bertz CT molecular complexity index is 1090. The van der Waals surface area contributed by atoms with Gasteiger partial charge in [-0.2, -0.15) is 0 Å². The molecule has 0 spiro atoms. The number of nitrogens with zero attached hydrogens (tertiary/aromatic N) is 5. The largest absolute Gasteiger partial charge is 0.478 e. The Kier molecular flexibility index (Phi) is 7.26. The Morgan fingerprint density at radius 3 is 2.42 bits per heavy atom. The second kappa shape index (κ2) is 10.5. The third kappa shape index (κ3) is 6.11. The average molecular weight is 468 g/mol. The first-order chi connectivity index (χ1) is 16.0. The van der Waals surface area contributed by atoms with Crippen molar-refractivity contribution < 1.29 is 19.4 Å². The van der Waals surface area contributed by atoms with Gasteiger partial charge < -0.3 is 19.3 Å². The number of rotatable bonds is 7. The van der Waals surface area contributed by atoms with Gasteiger partial charge in [-0.25, -0.2) is 14.6 Å². The van der Waals surface area contributed by atoms with Crippen molar-refractivity contribution in [1.82, 2.24) is 24.3 Å². The maximum Gasteiger partial charge on any atom is 0.415 e. The maximum atomic E-state index is 12.5. The molecule has 0 radical (unpaired) electrons. The van der Waals surface area contributed by atoms with Crippen LogP contribution in [0, 0.1) is 0 Å². The number of carbonyl (C=O) groups is 2. The van der Waals surface area contributed by atoms with Gasteiger partial charge in [0.1, 0.15) is 5.75 Å². The molecule has 1 aliphatic heterocycles. The maximum absolute atomic E-state index is 12.5. The molecule has 3 heterocycles. The molecule has 1 saturated heterocycles. The zero-order valence-electron chi connectivity index (χ0n) is 18.3. The Hall–Kier alpha value is -3.37. The van der Waals surface area contributed by atoms with Gasteiger partial charge in [-0.15, -0.1) is 0 Å². The van der Waals surface area contributed by atoms with Crippen LogP contribution in [-0.4, -0.2) is 67.7 Å². The van der Waals surface area contributed by atoms with Crippen LogP contribution in [0.15, 0.2) is 60.1 Å². The fourth-order valence-corrected chi connectivity index (χ4v) is 4.31. The average Bonchev–Trinajstić information content (AvgIpc) is 3.24. The molecule has 1 aromatic carbocycles. The van der Waals surface area contributed by atoms with Crippen molar-refractivity contribution in [1.29, 1.82) is 0 Å². The lowest BCUT2D eigenvalue weighted by molar-refractivity contribution is 0.0696. The number of aryl methyl sites for hydroxylation is 1.